The van der Waals surface area contributed by atoms with Gasteiger partial charge in [0.1, 0.15) is 0 Å². The maximum absolute atomic E-state index is 11.9. The van der Waals surface area contributed by atoms with Gasteiger partial charge in [0.05, 0.1) is 17.9 Å². The third kappa shape index (κ3) is 5.30. The Labute approximate surface area is 125 Å². The highest BCUT2D eigenvalue weighted by atomic mass is 16.5. The van der Waals surface area contributed by atoms with E-state index >= 15 is 0 Å². The van der Waals surface area contributed by atoms with Gasteiger partial charge in [-0.2, -0.15) is 0 Å². The predicted molar refractivity (Wildman–Crippen MR) is 83.1 cm³/mol. The monoisotopic (exact) mass is 290 g/mol. The van der Waals surface area contributed by atoms with E-state index < -0.39 is 12.0 Å². The van der Waals surface area contributed by atoms with Gasteiger partial charge in [-0.1, -0.05) is 31.6 Å². The number of anilines is 1. The van der Waals surface area contributed by atoms with Crippen molar-refractivity contribution in [2.24, 2.45) is 5.92 Å². The standard InChI is InChI=1S/C16H22N2O3/c1-5-21-15(19)13-8-6-7-9-14(13)18-16(20)17-10-12(4)11(2)3/h6-11H,5H2,1-4H3,(H2,17,18,20)/b12-10+. The van der Waals surface area contributed by atoms with Crippen molar-refractivity contribution in [1.29, 1.82) is 0 Å². The molecule has 2 amide bonds. The Morgan fingerprint density at radius 1 is 1.29 bits per heavy atom. The molecule has 1 aromatic rings. The van der Waals surface area contributed by atoms with E-state index in [1.54, 1.807) is 37.4 Å². The Bertz CT molecular complexity index is 536. The van der Waals surface area contributed by atoms with Gasteiger partial charge < -0.3 is 15.4 Å². The first kappa shape index (κ1) is 16.8. The summed E-state index contributed by atoms with van der Waals surface area (Å²) in [4.78, 5) is 23.6. The molecule has 1 aromatic carbocycles. The zero-order valence-corrected chi connectivity index (χ0v) is 12.9. The number of ether oxygens (including phenoxy) is 1. The highest BCUT2D eigenvalue weighted by Crippen LogP contribution is 2.16. The summed E-state index contributed by atoms with van der Waals surface area (Å²) < 4.78 is 4.96. The lowest BCUT2D eigenvalue weighted by atomic mass is 10.1. The molecule has 0 saturated carbocycles. The van der Waals surface area contributed by atoms with Gasteiger partial charge in [-0.05, 0) is 31.9 Å². The van der Waals surface area contributed by atoms with Gasteiger partial charge in [0.15, 0.2) is 0 Å². The Balaban J connectivity index is 2.77. The van der Waals surface area contributed by atoms with Crippen LogP contribution in [0, 0.1) is 5.92 Å². The SMILES string of the molecule is CCOC(=O)c1ccccc1NC(=O)N/C=C(\C)C(C)C. The molecule has 0 fully saturated rings. The van der Waals surface area contributed by atoms with Crippen molar-refractivity contribution in [2.75, 3.05) is 11.9 Å². The van der Waals surface area contributed by atoms with E-state index in [1.807, 2.05) is 20.8 Å². The Kier molecular flexibility index (Phi) is 6.46. The third-order valence-corrected chi connectivity index (χ3v) is 3.01. The molecular weight excluding hydrogens is 268 g/mol. The van der Waals surface area contributed by atoms with Gasteiger partial charge in [0.25, 0.3) is 0 Å². The minimum absolute atomic E-state index is 0.287. The van der Waals surface area contributed by atoms with E-state index in [9.17, 15) is 9.59 Å². The summed E-state index contributed by atoms with van der Waals surface area (Å²) in [5.41, 5.74) is 1.81. The van der Waals surface area contributed by atoms with Gasteiger partial charge in [0.2, 0.25) is 0 Å². The fraction of sp³-hybridized carbons (Fsp3) is 0.375. The number of amides is 2. The molecule has 0 saturated heterocycles. The molecule has 0 aromatic heterocycles. The minimum atomic E-state index is -0.456. The molecule has 0 bridgehead atoms. The molecule has 0 atom stereocenters. The lowest BCUT2D eigenvalue weighted by Gasteiger charge is -2.11. The van der Waals surface area contributed by atoms with Crippen LogP contribution in [-0.4, -0.2) is 18.6 Å². The minimum Gasteiger partial charge on any atom is -0.462 e. The maximum Gasteiger partial charge on any atom is 0.340 e. The molecule has 0 aliphatic rings. The van der Waals surface area contributed by atoms with Crippen LogP contribution in [0.25, 0.3) is 0 Å². The zero-order valence-electron chi connectivity index (χ0n) is 12.9. The predicted octanol–water partition coefficient (Wildman–Crippen LogP) is 3.54. The van der Waals surface area contributed by atoms with Crippen LogP contribution >= 0.6 is 0 Å². The molecule has 1 rings (SSSR count). The fourth-order valence-electron chi connectivity index (χ4n) is 1.48. The van der Waals surface area contributed by atoms with E-state index in [2.05, 4.69) is 10.6 Å². The molecule has 5 nitrogen and oxygen atoms in total. The van der Waals surface area contributed by atoms with Crippen molar-refractivity contribution < 1.29 is 14.3 Å². The molecule has 114 valence electrons. The molecule has 2 N–H and O–H groups in total. The average molecular weight is 290 g/mol. The van der Waals surface area contributed by atoms with Crippen LogP contribution < -0.4 is 10.6 Å². The van der Waals surface area contributed by atoms with Crippen molar-refractivity contribution in [2.45, 2.75) is 27.7 Å². The normalized spacial score (nSPS) is 11.2. The first-order valence-corrected chi connectivity index (χ1v) is 6.96. The molecule has 0 aliphatic carbocycles. The second kappa shape index (κ2) is 8.09. The highest BCUT2D eigenvalue weighted by Gasteiger charge is 2.13. The van der Waals surface area contributed by atoms with Crippen LogP contribution in [0.5, 0.6) is 0 Å². The van der Waals surface area contributed by atoms with Gasteiger partial charge in [-0.15, -0.1) is 0 Å². The van der Waals surface area contributed by atoms with Crippen LogP contribution in [0.1, 0.15) is 38.1 Å². The van der Waals surface area contributed by atoms with Crippen LogP contribution in [0.15, 0.2) is 36.0 Å². The zero-order chi connectivity index (χ0) is 15.8. The number of para-hydroxylation sites is 1. The van der Waals surface area contributed by atoms with Crippen molar-refractivity contribution in [3.8, 4) is 0 Å². The number of carbonyl (C=O) groups is 2. The first-order chi connectivity index (χ1) is 9.95. The summed E-state index contributed by atoms with van der Waals surface area (Å²) >= 11 is 0. The van der Waals surface area contributed by atoms with E-state index in [1.165, 1.54) is 0 Å². The number of benzene rings is 1. The van der Waals surface area contributed by atoms with Gasteiger partial charge >= 0.3 is 12.0 Å². The summed E-state index contributed by atoms with van der Waals surface area (Å²) in [6, 6.07) is 6.34. The molecule has 0 aliphatic heterocycles. The topological polar surface area (TPSA) is 67.4 Å². The summed E-state index contributed by atoms with van der Waals surface area (Å²) in [5, 5.41) is 5.29. The molecule has 0 radical (unpaired) electrons. The fourth-order valence-corrected chi connectivity index (χ4v) is 1.48. The van der Waals surface area contributed by atoms with Gasteiger partial charge in [-0.3, -0.25) is 0 Å². The molecule has 0 heterocycles. The van der Waals surface area contributed by atoms with Crippen LogP contribution in [0.4, 0.5) is 10.5 Å². The number of carbonyl (C=O) groups excluding carboxylic acids is 2. The number of rotatable bonds is 5. The summed E-state index contributed by atoms with van der Waals surface area (Å²) in [6.07, 6.45) is 1.66. The van der Waals surface area contributed by atoms with Gasteiger partial charge in [0, 0.05) is 6.20 Å². The number of esters is 1. The number of nitrogens with one attached hydrogen (secondary N) is 2. The van der Waals surface area contributed by atoms with Crippen LogP contribution in [-0.2, 0) is 4.74 Å². The number of hydrogen-bond donors (Lipinski definition) is 2. The lowest BCUT2D eigenvalue weighted by molar-refractivity contribution is 0.0527. The Morgan fingerprint density at radius 3 is 2.57 bits per heavy atom. The molecule has 0 unspecified atom stereocenters. The Morgan fingerprint density at radius 2 is 1.95 bits per heavy atom. The van der Waals surface area contributed by atoms with Crippen LogP contribution in [0.2, 0.25) is 0 Å². The highest BCUT2D eigenvalue weighted by molar-refractivity contribution is 6.00. The quantitative estimate of drug-likeness (QED) is 0.815. The van der Waals surface area contributed by atoms with Gasteiger partial charge in [-0.25, -0.2) is 9.59 Å². The second-order valence-corrected chi connectivity index (χ2v) is 4.91. The van der Waals surface area contributed by atoms with Crippen LogP contribution in [0.3, 0.4) is 0 Å². The largest absolute Gasteiger partial charge is 0.462 e. The number of urea groups is 1. The maximum atomic E-state index is 11.9. The second-order valence-electron chi connectivity index (χ2n) is 4.91. The molecular formula is C16H22N2O3. The molecule has 0 spiro atoms. The van der Waals surface area contributed by atoms with E-state index in [4.69, 9.17) is 4.74 Å². The summed E-state index contributed by atoms with van der Waals surface area (Å²) in [6.45, 7) is 8.05. The number of allylic oxidation sites excluding steroid dienone is 1. The van der Waals surface area contributed by atoms with E-state index in [0.29, 0.717) is 17.2 Å². The van der Waals surface area contributed by atoms with Crippen molar-refractivity contribution in [1.82, 2.24) is 5.32 Å². The third-order valence-electron chi connectivity index (χ3n) is 3.01. The van der Waals surface area contributed by atoms with Crippen molar-refractivity contribution >= 4 is 17.7 Å². The molecule has 21 heavy (non-hydrogen) atoms. The smallest absolute Gasteiger partial charge is 0.340 e. The Hall–Kier alpha value is -2.30. The van der Waals surface area contributed by atoms with E-state index in [-0.39, 0.29) is 6.61 Å². The van der Waals surface area contributed by atoms with E-state index in [0.717, 1.165) is 5.57 Å². The lowest BCUT2D eigenvalue weighted by Crippen LogP contribution is -2.25. The average Bonchev–Trinajstić information content (AvgIpc) is 2.45. The summed E-state index contributed by atoms with van der Waals surface area (Å²) in [7, 11) is 0. The van der Waals surface area contributed by atoms with Crippen molar-refractivity contribution in [3.05, 3.63) is 41.6 Å². The number of hydrogen-bond acceptors (Lipinski definition) is 3. The summed E-state index contributed by atoms with van der Waals surface area (Å²) in [5.74, 6) is -0.0978. The van der Waals surface area contributed by atoms with Crippen molar-refractivity contribution in [3.63, 3.8) is 0 Å². The first-order valence-electron chi connectivity index (χ1n) is 6.96. The molecule has 5 heteroatoms.